The molecular weight excluding hydrogens is 1160 g/mol. The van der Waals surface area contributed by atoms with E-state index >= 15 is 0 Å². The molecule has 5 aliphatic heterocycles. The van der Waals surface area contributed by atoms with Gasteiger partial charge in [-0.15, -0.1) is 0 Å². The molecule has 5 aromatic heterocycles. The number of aliphatic hydroxyl groups is 15. The zero-order valence-electron chi connectivity index (χ0n) is 48.8. The van der Waals surface area contributed by atoms with Gasteiger partial charge in [-0.25, -0.2) is 48.9 Å². The monoisotopic (exact) mass is 1230 g/mol. The topological polar surface area (TPSA) is 719 Å². The van der Waals surface area contributed by atoms with Gasteiger partial charge in [-0.3, -0.25) is 22.8 Å². The van der Waals surface area contributed by atoms with E-state index in [2.05, 4.69) is 49.8 Å². The third-order valence-corrected chi connectivity index (χ3v) is 11.9. The minimum absolute atomic E-state index is 0.247. The molecule has 0 bridgehead atoms. The number of hydrogen-bond acceptors (Lipinski definition) is 40. The van der Waals surface area contributed by atoms with Crippen LogP contribution in [0.1, 0.15) is 39.3 Å². The first-order valence-electron chi connectivity index (χ1n) is 26.7. The van der Waals surface area contributed by atoms with Gasteiger partial charge in [0, 0.05) is 0 Å². The maximum absolute atomic E-state index is 11.6. The molecule has 25 N–H and O–H groups in total. The molecule has 5 aliphatic rings. The van der Waals surface area contributed by atoms with Crippen LogP contribution in [0.4, 0.5) is 29.7 Å². The number of nitrogen functional groups attached to an aromatic ring is 5. The number of nitrogens with two attached hydrogens (primary N) is 5. The van der Waals surface area contributed by atoms with Crippen molar-refractivity contribution in [1.82, 2.24) is 72.7 Å². The third kappa shape index (κ3) is 15.0. The van der Waals surface area contributed by atoms with Crippen molar-refractivity contribution in [2.45, 2.75) is 123 Å². The number of aromatic nitrogens is 15. The summed E-state index contributed by atoms with van der Waals surface area (Å²) in [5.41, 5.74) is 21.6. The van der Waals surface area contributed by atoms with E-state index in [0.29, 0.717) is 4.57 Å². The Balaban J connectivity index is 0.000000181. The Morgan fingerprint density at radius 1 is 0.376 bits per heavy atom. The standard InChI is InChI=1S/5C8H12N4O5/c5*9-7-10-2-12(8(16)11-7)6-5(15)4(14)3(1-13)17-6/h5*2-6,13-15H,1H2,(H2,9,11,16)/t5*3-,4?,5+,6-/m11111/s1/i6D;5D;4D;3D;1D2. The van der Waals surface area contributed by atoms with E-state index in [-0.39, 0.29) is 29.7 Å². The Kier molecular flexibility index (Phi) is 19.6. The van der Waals surface area contributed by atoms with Gasteiger partial charge >= 0.3 is 28.4 Å². The second kappa shape index (κ2) is 28.9. The van der Waals surface area contributed by atoms with Crippen LogP contribution in [0.2, 0.25) is 0 Å². The van der Waals surface area contributed by atoms with Crippen LogP contribution < -0.4 is 57.1 Å². The van der Waals surface area contributed by atoms with Gasteiger partial charge in [0.25, 0.3) is 0 Å². The normalized spacial score (nSPS) is 37.5. The van der Waals surface area contributed by atoms with E-state index in [4.69, 9.17) is 81.0 Å². The highest BCUT2D eigenvalue weighted by atomic mass is 16.6. The van der Waals surface area contributed by atoms with Crippen LogP contribution in [0.25, 0.3) is 0 Å². The highest BCUT2D eigenvalue weighted by Gasteiger charge is 2.48. The van der Waals surface area contributed by atoms with Crippen LogP contribution in [0, 0.1) is 0 Å². The van der Waals surface area contributed by atoms with Crippen molar-refractivity contribution in [3.63, 3.8) is 0 Å². The lowest BCUT2D eigenvalue weighted by atomic mass is 10.1. The summed E-state index contributed by atoms with van der Waals surface area (Å²) in [6, 6.07) is 0. The molecule has 85 heavy (non-hydrogen) atoms. The Morgan fingerprint density at radius 3 is 1.04 bits per heavy atom. The van der Waals surface area contributed by atoms with Crippen molar-refractivity contribution in [2.24, 2.45) is 0 Å². The molecule has 0 saturated carbocycles. The van der Waals surface area contributed by atoms with Gasteiger partial charge in [0.1, 0.15) is 123 Å². The van der Waals surface area contributed by atoms with Crippen molar-refractivity contribution in [3.05, 3.63) is 84.1 Å². The van der Waals surface area contributed by atoms with E-state index in [1.807, 2.05) is 0 Å². The highest BCUT2D eigenvalue weighted by molar-refractivity contribution is 5.13. The first-order valence-corrected chi connectivity index (χ1v) is 23.7. The fourth-order valence-corrected chi connectivity index (χ4v) is 7.58. The summed E-state index contributed by atoms with van der Waals surface area (Å²) in [5.74, 6) is -1.32. The summed E-state index contributed by atoms with van der Waals surface area (Å²) in [5, 5.41) is 142. The van der Waals surface area contributed by atoms with E-state index in [1.165, 1.54) is 0 Å². The lowest BCUT2D eigenvalue weighted by molar-refractivity contribution is -0.0554. The Morgan fingerprint density at radius 2 is 0.706 bits per heavy atom. The molecule has 5 unspecified atom stereocenters. The molecule has 0 aromatic carbocycles. The first-order chi connectivity index (χ1) is 42.2. The fourth-order valence-electron chi connectivity index (χ4n) is 7.58. The zero-order valence-corrected chi connectivity index (χ0v) is 42.8. The zero-order chi connectivity index (χ0) is 68.4. The molecule has 5 fully saturated rings. The van der Waals surface area contributed by atoms with Crippen molar-refractivity contribution >= 4 is 29.7 Å². The third-order valence-electron chi connectivity index (χ3n) is 11.9. The maximum Gasteiger partial charge on any atom is 0.354 e. The molecule has 0 radical (unpaired) electrons. The number of nitrogens with zero attached hydrogens (tertiary/aromatic N) is 15. The summed E-state index contributed by atoms with van der Waals surface area (Å²) in [6.45, 7) is -5.62. The Hall–Kier alpha value is -7.75. The summed E-state index contributed by atoms with van der Waals surface area (Å²) in [7, 11) is 0. The van der Waals surface area contributed by atoms with Gasteiger partial charge in [-0.1, -0.05) is 0 Å². The van der Waals surface area contributed by atoms with Gasteiger partial charge in [0.05, 0.1) is 41.2 Å². The minimum atomic E-state index is -2.88. The van der Waals surface area contributed by atoms with Crippen molar-refractivity contribution < 1.29 is 109 Å². The summed E-state index contributed by atoms with van der Waals surface area (Å²) in [4.78, 5) is 91.9. The molecule has 0 aliphatic carbocycles. The molecule has 470 valence electrons. The molecule has 45 heteroatoms. The largest absolute Gasteiger partial charge is 0.394 e. The lowest BCUT2D eigenvalue weighted by Gasteiger charge is -2.16. The molecule has 10 heterocycles. The van der Waals surface area contributed by atoms with Crippen LogP contribution in [-0.2, 0) is 23.7 Å². The van der Waals surface area contributed by atoms with Gasteiger partial charge in [0.2, 0.25) is 29.7 Å². The van der Waals surface area contributed by atoms with Crippen LogP contribution >= 0.6 is 0 Å². The van der Waals surface area contributed by atoms with E-state index in [9.17, 15) is 80.1 Å². The Bertz CT molecular complexity index is 3580. The highest BCUT2D eigenvalue weighted by Crippen LogP contribution is 2.31. The number of aliphatic hydroxyl groups excluding tert-OH is 12. The average Bonchev–Trinajstić information content (AvgIpc) is 1.69. The molecule has 20 atom stereocenters. The minimum Gasteiger partial charge on any atom is -0.394 e. The van der Waals surface area contributed by atoms with Crippen molar-refractivity contribution in [3.8, 4) is 0 Å². The van der Waals surface area contributed by atoms with E-state index in [0.717, 1.165) is 49.9 Å². The van der Waals surface area contributed by atoms with Crippen molar-refractivity contribution in [2.75, 3.05) is 61.7 Å². The SMILES string of the molecule is [2H]C([2H])(O)[C@H]1O[C@@H](n2cnc(N)nc2=O)[C@@H](O)C1O.[2H]C1(O)[C@H](O)[C@H](n2cnc(N)nc2=O)O[C@@H]1CO.[2H][C@@]1(n2cnc(N)nc2=O)O[C@H](CO)C(O)[C@@H]1O.[2H][C@]1(CO)O[C@@H](n2cnc(N)nc2=O)[C@@H](O)C1O.[2H][C@]1(O)C(O)[C@@H](CO)O[C@H]1n1cnc(N)nc1=O. The smallest absolute Gasteiger partial charge is 0.354 e. The summed E-state index contributed by atoms with van der Waals surface area (Å²) >= 11 is 0. The molecule has 10 rings (SSSR count). The molecule has 0 amide bonds. The van der Waals surface area contributed by atoms with Gasteiger partial charge in [-0.2, -0.15) is 24.9 Å². The van der Waals surface area contributed by atoms with Crippen molar-refractivity contribution in [1.29, 1.82) is 0 Å². The quantitative estimate of drug-likeness (QED) is 0.0617. The summed E-state index contributed by atoms with van der Waals surface area (Å²) < 4.78 is 73.4. The van der Waals surface area contributed by atoms with Crippen LogP contribution in [0.3, 0.4) is 0 Å². The van der Waals surface area contributed by atoms with Gasteiger partial charge in [-0.05, 0) is 0 Å². The van der Waals surface area contributed by atoms with Gasteiger partial charge < -0.3 is 129 Å². The fraction of sp³-hybridized carbons (Fsp3) is 0.625. The van der Waals surface area contributed by atoms with Crippen LogP contribution in [0.5, 0.6) is 0 Å². The molecule has 0 spiro atoms. The predicted octanol–water partition coefficient (Wildman–Crippen LogP) is -15.8. The summed E-state index contributed by atoms with van der Waals surface area (Å²) in [6.07, 6.45) is -28.9. The second-order valence-corrected chi connectivity index (χ2v) is 17.4. The van der Waals surface area contributed by atoms with E-state index in [1.54, 1.807) is 0 Å². The number of anilines is 5. The predicted molar refractivity (Wildman–Crippen MR) is 269 cm³/mol. The number of ether oxygens (including phenoxy) is 5. The molecular formula is C40H60N20O25. The molecule has 45 nitrogen and oxygen atoms in total. The molecule has 5 aromatic rings. The number of rotatable bonds is 10. The van der Waals surface area contributed by atoms with Crippen LogP contribution in [0.15, 0.2) is 55.6 Å². The first kappa shape index (κ1) is 57.7. The average molecular weight is 1230 g/mol. The Labute approximate surface area is 479 Å². The number of hydrogen-bond donors (Lipinski definition) is 20. The lowest BCUT2D eigenvalue weighted by Crippen LogP contribution is -2.36. The molecule has 5 saturated heterocycles. The maximum atomic E-state index is 11.6. The van der Waals surface area contributed by atoms with E-state index < -0.39 is 184 Å². The van der Waals surface area contributed by atoms with Crippen LogP contribution in [-0.4, -0.2) is 274 Å². The van der Waals surface area contributed by atoms with Gasteiger partial charge in [0.15, 0.2) is 31.1 Å². The second-order valence-electron chi connectivity index (χ2n) is 17.4.